The number of hydrogen-bond donors (Lipinski definition) is 2. The van der Waals surface area contributed by atoms with Crippen LogP contribution in [0.25, 0.3) is 11.1 Å². The molecule has 270 valence electrons. The van der Waals surface area contributed by atoms with Crippen LogP contribution in [0.2, 0.25) is 10.0 Å². The van der Waals surface area contributed by atoms with Crippen LogP contribution in [0.5, 0.6) is 23.0 Å². The lowest BCUT2D eigenvalue weighted by Gasteiger charge is -2.15. The molecule has 16 heteroatoms. The average Bonchev–Trinajstić information content (AvgIpc) is 3.12. The van der Waals surface area contributed by atoms with Gasteiger partial charge in [-0.1, -0.05) is 47.5 Å². The zero-order chi connectivity index (χ0) is 37.9. The van der Waals surface area contributed by atoms with Crippen molar-refractivity contribution in [3.05, 3.63) is 82.8 Å². The molecule has 0 aromatic heterocycles. The molecule has 0 spiro atoms. The summed E-state index contributed by atoms with van der Waals surface area (Å²) >= 11 is 13.1. The molecule has 4 rings (SSSR count). The Kier molecular flexibility index (Phi) is 13.4. The van der Waals surface area contributed by atoms with Crippen LogP contribution in [0.15, 0.2) is 93.3 Å². The van der Waals surface area contributed by atoms with Crippen LogP contribution in [-0.4, -0.2) is 63.9 Å². The van der Waals surface area contributed by atoms with Crippen LogP contribution in [0.1, 0.15) is 13.8 Å². The number of nitrogens with one attached hydrogen (secondary N) is 2. The van der Waals surface area contributed by atoms with Gasteiger partial charge in [0.1, 0.15) is 40.1 Å². The van der Waals surface area contributed by atoms with E-state index in [4.69, 9.17) is 42.1 Å². The Labute approximate surface area is 309 Å². The number of Topliss-reactive ketones (excluding diaryl/α,β-unsaturated/α-hetero) is 2. The number of benzene rings is 4. The number of halogens is 2. The molecule has 0 aliphatic carbocycles. The second-order valence-electron chi connectivity index (χ2n) is 10.8. The largest absolute Gasteiger partial charge is 0.494 e. The molecule has 2 atom stereocenters. The van der Waals surface area contributed by atoms with Crippen molar-refractivity contribution in [1.82, 2.24) is 0 Å². The average molecular weight is 750 g/mol. The molecule has 0 saturated heterocycles. The first-order chi connectivity index (χ1) is 24.9. The molecule has 0 bridgehead atoms. The first-order valence-corrected chi connectivity index (χ1v) is 16.1. The Morgan fingerprint density at radius 3 is 1.33 bits per heavy atom. The van der Waals surface area contributed by atoms with Crippen molar-refractivity contribution < 1.29 is 38.1 Å². The van der Waals surface area contributed by atoms with E-state index in [1.165, 1.54) is 42.3 Å². The highest BCUT2D eigenvalue weighted by Crippen LogP contribution is 2.39. The number of hydrogen-bond acceptors (Lipinski definition) is 12. The molecule has 0 aliphatic rings. The maximum Gasteiger partial charge on any atom is 0.259 e. The molecule has 4 aromatic carbocycles. The van der Waals surface area contributed by atoms with Crippen molar-refractivity contribution in [2.45, 2.75) is 25.9 Å². The molecule has 2 unspecified atom stereocenters. The normalized spacial score (nSPS) is 12.2. The van der Waals surface area contributed by atoms with E-state index >= 15 is 0 Å². The highest BCUT2D eigenvalue weighted by molar-refractivity contribution is 6.39. The number of anilines is 2. The van der Waals surface area contributed by atoms with E-state index in [0.717, 1.165) is 0 Å². The molecule has 0 saturated carbocycles. The van der Waals surface area contributed by atoms with E-state index in [9.17, 15) is 19.2 Å². The standard InChI is InChI=1S/C36H34Cl2N6O8/c1-19(45)30(35(47)39-33-26(49-3)9-7-10-27(33)50-4)42-41-23-15-13-21(14-16-23)22-17-24(37)32(25(38)18-22)44-43-31(20(2)46)36(48)40-34-28(51-5)11-8-12-29(34)52-6/h7-18,30-31H,1-6H3,(H,39,47)(H,40,48). The molecule has 0 aliphatic heterocycles. The van der Waals surface area contributed by atoms with Crippen molar-refractivity contribution in [1.29, 1.82) is 0 Å². The number of amides is 2. The number of rotatable bonds is 15. The summed E-state index contributed by atoms with van der Waals surface area (Å²) in [5.74, 6) is -1.28. The molecule has 0 heterocycles. The Hall–Kier alpha value is -5.86. The van der Waals surface area contributed by atoms with Crippen molar-refractivity contribution in [3.63, 3.8) is 0 Å². The molecule has 14 nitrogen and oxygen atoms in total. The van der Waals surface area contributed by atoms with E-state index in [1.54, 1.807) is 72.8 Å². The third-order valence-corrected chi connectivity index (χ3v) is 7.97. The minimum Gasteiger partial charge on any atom is -0.494 e. The predicted molar refractivity (Wildman–Crippen MR) is 196 cm³/mol. The van der Waals surface area contributed by atoms with E-state index in [-0.39, 0.29) is 27.1 Å². The van der Waals surface area contributed by atoms with Crippen LogP contribution in [0.4, 0.5) is 22.7 Å². The van der Waals surface area contributed by atoms with Crippen LogP contribution in [-0.2, 0) is 19.2 Å². The summed E-state index contributed by atoms with van der Waals surface area (Å²) in [6.45, 7) is 2.43. The minimum atomic E-state index is -1.53. The van der Waals surface area contributed by atoms with Gasteiger partial charge in [0, 0.05) is 0 Å². The Morgan fingerprint density at radius 1 is 0.577 bits per heavy atom. The number of carbonyl (C=O) groups is 4. The van der Waals surface area contributed by atoms with Crippen LogP contribution < -0.4 is 29.6 Å². The lowest BCUT2D eigenvalue weighted by molar-refractivity contribution is -0.127. The molecular formula is C36H34Cl2N6O8. The molecular weight excluding hydrogens is 715 g/mol. The number of nitrogens with zero attached hydrogens (tertiary/aromatic N) is 4. The van der Waals surface area contributed by atoms with Crippen LogP contribution in [0.3, 0.4) is 0 Å². The Morgan fingerprint density at radius 2 is 0.962 bits per heavy atom. The lowest BCUT2D eigenvalue weighted by Crippen LogP contribution is -2.32. The molecule has 0 fully saturated rings. The topological polar surface area (TPSA) is 179 Å². The van der Waals surface area contributed by atoms with Crippen LogP contribution >= 0.6 is 23.2 Å². The number of azo groups is 2. The van der Waals surface area contributed by atoms with E-state index < -0.39 is 35.5 Å². The summed E-state index contributed by atoms with van der Waals surface area (Å²) < 4.78 is 21.2. The summed E-state index contributed by atoms with van der Waals surface area (Å²) in [7, 11) is 5.73. The fourth-order valence-electron chi connectivity index (χ4n) is 4.76. The third-order valence-electron chi connectivity index (χ3n) is 7.40. The molecule has 52 heavy (non-hydrogen) atoms. The zero-order valence-corrected chi connectivity index (χ0v) is 30.4. The quantitative estimate of drug-likeness (QED) is 0.0905. The van der Waals surface area contributed by atoms with Gasteiger partial charge in [0.15, 0.2) is 11.6 Å². The zero-order valence-electron chi connectivity index (χ0n) is 28.9. The Bertz CT molecular complexity index is 1970. The van der Waals surface area contributed by atoms with E-state index in [0.29, 0.717) is 39.8 Å². The maximum absolute atomic E-state index is 13.1. The lowest BCUT2D eigenvalue weighted by atomic mass is 10.0. The van der Waals surface area contributed by atoms with E-state index in [2.05, 4.69) is 31.1 Å². The van der Waals surface area contributed by atoms with Gasteiger partial charge in [-0.25, -0.2) is 0 Å². The Balaban J connectivity index is 1.50. The fraction of sp³-hybridized carbons (Fsp3) is 0.222. The summed E-state index contributed by atoms with van der Waals surface area (Å²) in [6.07, 6.45) is 0. The molecule has 2 amide bonds. The molecule has 0 radical (unpaired) electrons. The third kappa shape index (κ3) is 9.27. The molecule has 4 aromatic rings. The SMILES string of the molecule is COc1cccc(OC)c1NC(=O)C(N=Nc1ccc(-c2cc(Cl)c(N=NC(C(C)=O)C(=O)Nc3c(OC)cccc3OC)c(Cl)c2)cc1)C(C)=O. The van der Waals surface area contributed by atoms with Gasteiger partial charge < -0.3 is 29.6 Å². The number of para-hydroxylation sites is 2. The number of ether oxygens (including phenoxy) is 4. The fourth-order valence-corrected chi connectivity index (χ4v) is 5.32. The van der Waals surface area contributed by atoms with Gasteiger partial charge in [-0.3, -0.25) is 19.2 Å². The van der Waals surface area contributed by atoms with Gasteiger partial charge in [-0.2, -0.15) is 20.5 Å². The summed E-state index contributed by atoms with van der Waals surface area (Å²) in [6, 6.07) is 16.8. The second kappa shape index (κ2) is 17.9. The first kappa shape index (κ1) is 38.9. The van der Waals surface area contributed by atoms with Gasteiger partial charge in [0.05, 0.1) is 44.2 Å². The van der Waals surface area contributed by atoms with Gasteiger partial charge in [0.2, 0.25) is 12.1 Å². The highest BCUT2D eigenvalue weighted by Gasteiger charge is 2.27. The smallest absolute Gasteiger partial charge is 0.259 e. The summed E-state index contributed by atoms with van der Waals surface area (Å²) in [4.78, 5) is 50.9. The van der Waals surface area contributed by atoms with Gasteiger partial charge in [-0.15, -0.1) is 0 Å². The second-order valence-corrected chi connectivity index (χ2v) is 11.7. The number of methoxy groups -OCH3 is 4. The number of carbonyl (C=O) groups excluding carboxylic acids is 4. The maximum atomic E-state index is 13.1. The van der Waals surface area contributed by atoms with Gasteiger partial charge in [0.25, 0.3) is 11.8 Å². The monoisotopic (exact) mass is 748 g/mol. The summed E-state index contributed by atoms with van der Waals surface area (Å²) in [5, 5.41) is 21.6. The van der Waals surface area contributed by atoms with Crippen molar-refractivity contribution in [3.8, 4) is 34.1 Å². The highest BCUT2D eigenvalue weighted by atomic mass is 35.5. The number of ketones is 2. The summed E-state index contributed by atoms with van der Waals surface area (Å²) in [5.41, 5.74) is 2.17. The van der Waals surface area contributed by atoms with Gasteiger partial charge in [-0.05, 0) is 73.5 Å². The van der Waals surface area contributed by atoms with Crippen molar-refractivity contribution in [2.24, 2.45) is 20.5 Å². The minimum absolute atomic E-state index is 0.0470. The van der Waals surface area contributed by atoms with E-state index in [1.807, 2.05) is 0 Å². The van der Waals surface area contributed by atoms with Crippen molar-refractivity contribution in [2.75, 3.05) is 39.1 Å². The predicted octanol–water partition coefficient (Wildman–Crippen LogP) is 8.05. The van der Waals surface area contributed by atoms with Crippen LogP contribution in [0, 0.1) is 0 Å². The van der Waals surface area contributed by atoms with Gasteiger partial charge >= 0.3 is 0 Å². The first-order valence-electron chi connectivity index (χ1n) is 15.4. The van der Waals surface area contributed by atoms with Crippen molar-refractivity contribution >= 4 is 69.3 Å². The molecule has 2 N–H and O–H groups in total.